The summed E-state index contributed by atoms with van der Waals surface area (Å²) in [5, 5.41) is 0. The van der Waals surface area contributed by atoms with Crippen LogP contribution in [0.1, 0.15) is 45.1 Å². The first kappa shape index (κ1) is 12.6. The van der Waals surface area contributed by atoms with Gasteiger partial charge in [0.1, 0.15) is 12.2 Å². The molecule has 0 heterocycles. The summed E-state index contributed by atoms with van der Waals surface area (Å²) in [5.41, 5.74) is 1.01. The van der Waals surface area contributed by atoms with Gasteiger partial charge in [-0.05, 0) is 30.9 Å². The van der Waals surface area contributed by atoms with Crippen molar-refractivity contribution in [3.8, 4) is 12.0 Å². The minimum Gasteiger partial charge on any atom is -0.443 e. The summed E-state index contributed by atoms with van der Waals surface area (Å²) >= 11 is 0. The lowest BCUT2D eigenvalue weighted by Gasteiger charge is -2.11. The fourth-order valence-electron chi connectivity index (χ4n) is 1.60. The highest BCUT2D eigenvalue weighted by Gasteiger charge is 2.04. The average molecular weight is 216 g/mol. The molecule has 1 aromatic carbocycles. The SMILES string of the molecule is CCCC(CCC)OC#Cc1ccccc1. The van der Waals surface area contributed by atoms with Crippen molar-refractivity contribution in [1.29, 1.82) is 0 Å². The van der Waals surface area contributed by atoms with Crippen LogP contribution in [0, 0.1) is 12.0 Å². The first-order valence-electron chi connectivity index (χ1n) is 6.08. The van der Waals surface area contributed by atoms with Crippen LogP contribution in [0.25, 0.3) is 0 Å². The maximum Gasteiger partial charge on any atom is 0.115 e. The van der Waals surface area contributed by atoms with E-state index >= 15 is 0 Å². The van der Waals surface area contributed by atoms with Crippen molar-refractivity contribution in [2.45, 2.75) is 45.6 Å². The van der Waals surface area contributed by atoms with E-state index in [4.69, 9.17) is 4.74 Å². The molecule has 0 radical (unpaired) electrons. The Labute approximate surface area is 98.8 Å². The molecule has 86 valence electrons. The predicted octanol–water partition coefficient (Wildman–Crippen LogP) is 3.98. The Morgan fingerprint density at radius 1 is 1.06 bits per heavy atom. The van der Waals surface area contributed by atoms with Crippen molar-refractivity contribution in [1.82, 2.24) is 0 Å². The van der Waals surface area contributed by atoms with E-state index in [-0.39, 0.29) is 0 Å². The molecular weight excluding hydrogens is 196 g/mol. The molecule has 0 atom stereocenters. The van der Waals surface area contributed by atoms with E-state index < -0.39 is 0 Å². The fourth-order valence-corrected chi connectivity index (χ4v) is 1.60. The maximum absolute atomic E-state index is 5.57. The van der Waals surface area contributed by atoms with E-state index in [1.54, 1.807) is 0 Å². The minimum absolute atomic E-state index is 0.297. The molecule has 0 fully saturated rings. The molecule has 0 bridgehead atoms. The van der Waals surface area contributed by atoms with Crippen LogP contribution in [0.15, 0.2) is 30.3 Å². The smallest absolute Gasteiger partial charge is 0.115 e. The summed E-state index contributed by atoms with van der Waals surface area (Å²) in [4.78, 5) is 0. The third kappa shape index (κ3) is 4.89. The molecule has 1 rings (SSSR count). The Hall–Kier alpha value is -1.42. The lowest BCUT2D eigenvalue weighted by atomic mass is 10.1. The topological polar surface area (TPSA) is 9.23 Å². The largest absolute Gasteiger partial charge is 0.443 e. The van der Waals surface area contributed by atoms with Gasteiger partial charge in [-0.1, -0.05) is 44.9 Å². The summed E-state index contributed by atoms with van der Waals surface area (Å²) in [6, 6.07) is 9.94. The summed E-state index contributed by atoms with van der Waals surface area (Å²) in [6.07, 6.45) is 7.61. The Kier molecular flexibility index (Phi) is 6.18. The summed E-state index contributed by atoms with van der Waals surface area (Å²) in [7, 11) is 0. The van der Waals surface area contributed by atoms with E-state index in [1.165, 1.54) is 0 Å². The van der Waals surface area contributed by atoms with Gasteiger partial charge in [0.15, 0.2) is 0 Å². The van der Waals surface area contributed by atoms with E-state index in [9.17, 15) is 0 Å². The molecule has 0 unspecified atom stereocenters. The quantitative estimate of drug-likeness (QED) is 0.676. The van der Waals surface area contributed by atoms with Crippen LogP contribution >= 0.6 is 0 Å². The third-order valence-corrected chi connectivity index (χ3v) is 2.42. The molecule has 1 nitrogen and oxygen atoms in total. The second-order valence-electron chi connectivity index (χ2n) is 3.91. The van der Waals surface area contributed by atoms with Gasteiger partial charge in [0, 0.05) is 5.56 Å². The van der Waals surface area contributed by atoms with E-state index in [0.29, 0.717) is 6.10 Å². The van der Waals surface area contributed by atoms with Crippen molar-refractivity contribution in [3.05, 3.63) is 35.9 Å². The lowest BCUT2D eigenvalue weighted by molar-refractivity contribution is 0.145. The second kappa shape index (κ2) is 7.82. The number of rotatable bonds is 5. The zero-order valence-electron chi connectivity index (χ0n) is 10.2. The molecule has 0 N–H and O–H groups in total. The van der Waals surface area contributed by atoms with Crippen LogP contribution in [-0.4, -0.2) is 6.10 Å². The van der Waals surface area contributed by atoms with Gasteiger partial charge < -0.3 is 4.74 Å². The number of hydrogen-bond donors (Lipinski definition) is 0. The Morgan fingerprint density at radius 2 is 1.69 bits per heavy atom. The van der Waals surface area contributed by atoms with Crippen LogP contribution in [0.5, 0.6) is 0 Å². The third-order valence-electron chi connectivity index (χ3n) is 2.42. The fraction of sp³-hybridized carbons (Fsp3) is 0.467. The molecule has 0 aromatic heterocycles. The van der Waals surface area contributed by atoms with Gasteiger partial charge >= 0.3 is 0 Å². The first-order valence-corrected chi connectivity index (χ1v) is 6.08. The predicted molar refractivity (Wildman–Crippen MR) is 68.0 cm³/mol. The highest BCUT2D eigenvalue weighted by molar-refractivity contribution is 5.32. The van der Waals surface area contributed by atoms with Crippen LogP contribution in [-0.2, 0) is 4.74 Å². The highest BCUT2D eigenvalue weighted by atomic mass is 16.5. The van der Waals surface area contributed by atoms with Gasteiger partial charge in [0.2, 0.25) is 0 Å². The van der Waals surface area contributed by atoms with Crippen molar-refractivity contribution >= 4 is 0 Å². The molecule has 1 aromatic rings. The molecule has 0 spiro atoms. The molecule has 0 aliphatic heterocycles. The number of benzene rings is 1. The van der Waals surface area contributed by atoms with Gasteiger partial charge in [-0.15, -0.1) is 0 Å². The van der Waals surface area contributed by atoms with Gasteiger partial charge in [0.05, 0.1) is 0 Å². The van der Waals surface area contributed by atoms with Crippen LogP contribution in [0.4, 0.5) is 0 Å². The van der Waals surface area contributed by atoms with Crippen molar-refractivity contribution in [2.75, 3.05) is 0 Å². The zero-order chi connectivity index (χ0) is 11.6. The summed E-state index contributed by atoms with van der Waals surface area (Å²) in [6.45, 7) is 4.35. The monoisotopic (exact) mass is 216 g/mol. The molecule has 0 amide bonds. The molecule has 1 heteroatoms. The zero-order valence-corrected chi connectivity index (χ0v) is 10.2. The molecule has 16 heavy (non-hydrogen) atoms. The first-order chi connectivity index (χ1) is 7.86. The standard InChI is InChI=1S/C15H20O/c1-3-8-15(9-4-2)16-13-12-14-10-6-5-7-11-14/h5-7,10-11,15H,3-4,8-9H2,1-2H3. The van der Waals surface area contributed by atoms with Gasteiger partial charge in [0.25, 0.3) is 0 Å². The van der Waals surface area contributed by atoms with Crippen LogP contribution < -0.4 is 0 Å². The second-order valence-corrected chi connectivity index (χ2v) is 3.91. The molecular formula is C15H20O. The van der Waals surface area contributed by atoms with Crippen LogP contribution in [0.3, 0.4) is 0 Å². The Morgan fingerprint density at radius 3 is 2.25 bits per heavy atom. The van der Waals surface area contributed by atoms with E-state index in [2.05, 4.69) is 25.9 Å². The van der Waals surface area contributed by atoms with Crippen molar-refractivity contribution < 1.29 is 4.74 Å². The summed E-state index contributed by atoms with van der Waals surface area (Å²) in [5.74, 6) is 3.02. The van der Waals surface area contributed by atoms with E-state index in [0.717, 1.165) is 31.2 Å². The maximum atomic E-state index is 5.57. The molecule has 0 aliphatic rings. The highest BCUT2D eigenvalue weighted by Crippen LogP contribution is 2.08. The average Bonchev–Trinajstić information content (AvgIpc) is 2.31. The Bertz CT molecular complexity index is 325. The molecule has 0 aliphatic carbocycles. The van der Waals surface area contributed by atoms with Gasteiger partial charge in [-0.3, -0.25) is 0 Å². The Balaban J connectivity index is 2.45. The number of ether oxygens (including phenoxy) is 1. The van der Waals surface area contributed by atoms with Crippen molar-refractivity contribution in [3.63, 3.8) is 0 Å². The number of hydrogen-bond acceptors (Lipinski definition) is 1. The summed E-state index contributed by atoms with van der Waals surface area (Å²) < 4.78 is 5.57. The molecule has 0 saturated carbocycles. The van der Waals surface area contributed by atoms with Crippen LogP contribution in [0.2, 0.25) is 0 Å². The van der Waals surface area contributed by atoms with Crippen molar-refractivity contribution in [2.24, 2.45) is 0 Å². The molecule has 0 saturated heterocycles. The normalized spacial score (nSPS) is 9.69. The lowest BCUT2D eigenvalue weighted by Crippen LogP contribution is -2.08. The van der Waals surface area contributed by atoms with Gasteiger partial charge in [-0.25, -0.2) is 0 Å². The van der Waals surface area contributed by atoms with E-state index in [1.807, 2.05) is 30.3 Å². The van der Waals surface area contributed by atoms with Gasteiger partial charge in [-0.2, -0.15) is 0 Å². The minimum atomic E-state index is 0.297.